The number of carbonyl (C=O) groups is 2. The van der Waals surface area contributed by atoms with Gasteiger partial charge in [-0.1, -0.05) is 20.8 Å². The van der Waals surface area contributed by atoms with Crippen molar-refractivity contribution in [2.24, 2.45) is 5.41 Å². The molecule has 0 aliphatic carbocycles. The Balaban J connectivity index is 2.64. The van der Waals surface area contributed by atoms with Crippen molar-refractivity contribution in [1.29, 1.82) is 0 Å². The average molecular weight is 268 g/mol. The molecule has 1 atom stereocenters. The van der Waals surface area contributed by atoms with Crippen molar-refractivity contribution in [2.75, 3.05) is 7.05 Å². The number of urea groups is 1. The first-order valence-electron chi connectivity index (χ1n) is 5.97. The molecule has 0 aliphatic heterocycles. The molecule has 1 rings (SSSR count). The van der Waals surface area contributed by atoms with Gasteiger partial charge in [0.1, 0.15) is 6.04 Å². The zero-order valence-corrected chi connectivity index (χ0v) is 11.6. The molecule has 6 nitrogen and oxygen atoms in total. The topological polar surface area (TPSA) is 82.8 Å². The molecule has 0 fully saturated rings. The van der Waals surface area contributed by atoms with Crippen LogP contribution in [0.5, 0.6) is 0 Å². The Morgan fingerprint density at radius 1 is 1.47 bits per heavy atom. The predicted molar refractivity (Wildman–Crippen MR) is 69.6 cm³/mol. The smallest absolute Gasteiger partial charge is 0.326 e. The normalized spacial score (nSPS) is 12.8. The van der Waals surface area contributed by atoms with Crippen LogP contribution in [0, 0.1) is 5.41 Å². The van der Waals surface area contributed by atoms with E-state index in [2.05, 4.69) is 5.32 Å². The zero-order valence-electron chi connectivity index (χ0n) is 11.6. The number of carbonyl (C=O) groups excluding carboxylic acids is 1. The highest BCUT2D eigenvalue weighted by Gasteiger charge is 2.33. The van der Waals surface area contributed by atoms with Crippen molar-refractivity contribution < 1.29 is 19.1 Å². The molecule has 2 amide bonds. The summed E-state index contributed by atoms with van der Waals surface area (Å²) in [5, 5.41) is 11.7. The third-order valence-corrected chi connectivity index (χ3v) is 2.73. The summed E-state index contributed by atoms with van der Waals surface area (Å²) in [6, 6.07) is 0.387. The van der Waals surface area contributed by atoms with Crippen LogP contribution < -0.4 is 5.32 Å². The largest absolute Gasteiger partial charge is 0.480 e. The average Bonchev–Trinajstić information content (AvgIpc) is 2.75. The molecule has 0 saturated heterocycles. The van der Waals surface area contributed by atoms with Crippen LogP contribution in [-0.4, -0.2) is 35.1 Å². The second kappa shape index (κ2) is 5.77. The van der Waals surface area contributed by atoms with Crippen LogP contribution in [0.4, 0.5) is 4.79 Å². The van der Waals surface area contributed by atoms with Gasteiger partial charge in [0.05, 0.1) is 19.1 Å². The highest BCUT2D eigenvalue weighted by molar-refractivity contribution is 5.83. The molecular formula is C13H20N2O4. The molecule has 0 aliphatic rings. The fourth-order valence-electron chi connectivity index (χ4n) is 1.61. The molecule has 19 heavy (non-hydrogen) atoms. The Bertz CT molecular complexity index is 434. The lowest BCUT2D eigenvalue weighted by Gasteiger charge is -2.29. The second-order valence-electron chi connectivity index (χ2n) is 5.57. The summed E-state index contributed by atoms with van der Waals surface area (Å²) in [5.74, 6) is -1.04. The summed E-state index contributed by atoms with van der Waals surface area (Å²) < 4.78 is 4.92. The Morgan fingerprint density at radius 3 is 2.53 bits per heavy atom. The molecule has 1 aromatic rings. The molecule has 1 aromatic heterocycles. The maximum Gasteiger partial charge on any atom is 0.326 e. The van der Waals surface area contributed by atoms with Crippen molar-refractivity contribution in [3.8, 4) is 0 Å². The van der Waals surface area contributed by atoms with Crippen LogP contribution >= 0.6 is 0 Å². The molecule has 1 heterocycles. The quantitative estimate of drug-likeness (QED) is 0.874. The summed E-state index contributed by atoms with van der Waals surface area (Å²) >= 11 is 0. The van der Waals surface area contributed by atoms with Gasteiger partial charge >= 0.3 is 12.0 Å². The van der Waals surface area contributed by atoms with Crippen LogP contribution in [-0.2, 0) is 11.3 Å². The van der Waals surface area contributed by atoms with E-state index in [1.807, 2.05) is 0 Å². The van der Waals surface area contributed by atoms with E-state index in [-0.39, 0.29) is 0 Å². The molecule has 0 aromatic carbocycles. The first-order chi connectivity index (χ1) is 8.71. The fourth-order valence-corrected chi connectivity index (χ4v) is 1.61. The number of rotatable bonds is 4. The summed E-state index contributed by atoms with van der Waals surface area (Å²) in [6.45, 7) is 5.66. The van der Waals surface area contributed by atoms with Gasteiger partial charge in [-0.3, -0.25) is 0 Å². The van der Waals surface area contributed by atoms with E-state index in [9.17, 15) is 9.59 Å². The summed E-state index contributed by atoms with van der Waals surface area (Å²) in [7, 11) is 1.60. The summed E-state index contributed by atoms with van der Waals surface area (Å²) in [4.78, 5) is 24.5. The maximum absolute atomic E-state index is 12.0. The predicted octanol–water partition coefficient (Wildman–Crippen LogP) is 1.92. The zero-order chi connectivity index (χ0) is 14.6. The molecule has 0 radical (unpaired) electrons. The second-order valence-corrected chi connectivity index (χ2v) is 5.57. The van der Waals surface area contributed by atoms with E-state index in [0.717, 1.165) is 5.56 Å². The Labute approximate surface area is 112 Å². The SMILES string of the molecule is CN(Cc1ccoc1)C(=O)N[C@@H](C(=O)O)C(C)(C)C. The lowest BCUT2D eigenvalue weighted by molar-refractivity contribution is -0.142. The Hall–Kier alpha value is -1.98. The molecule has 106 valence electrons. The van der Waals surface area contributed by atoms with Gasteiger partial charge in [-0.25, -0.2) is 9.59 Å². The van der Waals surface area contributed by atoms with Crippen molar-refractivity contribution in [3.05, 3.63) is 24.2 Å². The molecule has 0 spiro atoms. The minimum Gasteiger partial charge on any atom is -0.480 e. The first-order valence-corrected chi connectivity index (χ1v) is 5.97. The fraction of sp³-hybridized carbons (Fsp3) is 0.538. The lowest BCUT2D eigenvalue weighted by Crippen LogP contribution is -2.52. The van der Waals surface area contributed by atoms with Crippen molar-refractivity contribution in [2.45, 2.75) is 33.4 Å². The lowest BCUT2D eigenvalue weighted by atomic mass is 9.87. The molecule has 6 heteroatoms. The maximum atomic E-state index is 12.0. The number of carboxylic acid groups (broad SMARTS) is 1. The van der Waals surface area contributed by atoms with E-state index in [0.29, 0.717) is 6.54 Å². The van der Waals surface area contributed by atoms with Crippen LogP contribution in [0.3, 0.4) is 0 Å². The van der Waals surface area contributed by atoms with Crippen molar-refractivity contribution in [3.63, 3.8) is 0 Å². The molecule has 0 bridgehead atoms. The van der Waals surface area contributed by atoms with Gasteiger partial charge < -0.3 is 19.7 Å². The van der Waals surface area contributed by atoms with Crippen LogP contribution in [0.1, 0.15) is 26.3 Å². The van der Waals surface area contributed by atoms with Gasteiger partial charge in [0, 0.05) is 12.6 Å². The number of hydrogen-bond donors (Lipinski definition) is 2. The number of nitrogens with zero attached hydrogens (tertiary/aromatic N) is 1. The van der Waals surface area contributed by atoms with Crippen molar-refractivity contribution >= 4 is 12.0 Å². The number of carboxylic acids is 1. The van der Waals surface area contributed by atoms with Gasteiger partial charge in [0.2, 0.25) is 0 Å². The molecule has 0 unspecified atom stereocenters. The van der Waals surface area contributed by atoms with Gasteiger partial charge in [0.15, 0.2) is 0 Å². The highest BCUT2D eigenvalue weighted by Crippen LogP contribution is 2.19. The van der Waals surface area contributed by atoms with E-state index in [1.54, 1.807) is 40.1 Å². The minimum absolute atomic E-state index is 0.360. The Kier molecular flexibility index (Phi) is 4.58. The molecule has 2 N–H and O–H groups in total. The van der Waals surface area contributed by atoms with E-state index in [1.165, 1.54) is 11.2 Å². The molecule has 0 saturated carbocycles. The molecular weight excluding hydrogens is 248 g/mol. The van der Waals surface area contributed by atoms with Crippen LogP contribution in [0.25, 0.3) is 0 Å². The third-order valence-electron chi connectivity index (χ3n) is 2.73. The minimum atomic E-state index is -1.04. The van der Waals surface area contributed by atoms with Gasteiger partial charge in [-0.15, -0.1) is 0 Å². The summed E-state index contributed by atoms with van der Waals surface area (Å²) in [6.07, 6.45) is 3.07. The number of furan rings is 1. The number of amides is 2. The van der Waals surface area contributed by atoms with Crippen molar-refractivity contribution in [1.82, 2.24) is 10.2 Å². The van der Waals surface area contributed by atoms with E-state index < -0.39 is 23.5 Å². The summed E-state index contributed by atoms with van der Waals surface area (Å²) in [5.41, 5.74) is 0.290. The van der Waals surface area contributed by atoms with Gasteiger partial charge in [-0.05, 0) is 11.5 Å². The van der Waals surface area contributed by atoms with Crippen LogP contribution in [0.15, 0.2) is 23.0 Å². The monoisotopic (exact) mass is 268 g/mol. The first kappa shape index (κ1) is 15.1. The Morgan fingerprint density at radius 2 is 2.11 bits per heavy atom. The highest BCUT2D eigenvalue weighted by atomic mass is 16.4. The van der Waals surface area contributed by atoms with E-state index >= 15 is 0 Å². The standard InChI is InChI=1S/C13H20N2O4/c1-13(2,3)10(11(16)17)14-12(18)15(4)7-9-5-6-19-8-9/h5-6,8,10H,7H2,1-4H3,(H,14,18)(H,16,17)/t10-/m0/s1. The van der Waals surface area contributed by atoms with Gasteiger partial charge in [0.25, 0.3) is 0 Å². The number of nitrogens with one attached hydrogen (secondary N) is 1. The van der Waals surface area contributed by atoms with Crippen LogP contribution in [0.2, 0.25) is 0 Å². The third kappa shape index (κ3) is 4.31. The number of aliphatic carboxylic acids is 1. The van der Waals surface area contributed by atoms with E-state index in [4.69, 9.17) is 9.52 Å². The number of hydrogen-bond acceptors (Lipinski definition) is 3. The van der Waals surface area contributed by atoms with Gasteiger partial charge in [-0.2, -0.15) is 0 Å².